The minimum atomic E-state index is -0.144. The van der Waals surface area contributed by atoms with E-state index in [1.165, 1.54) is 17.3 Å². The van der Waals surface area contributed by atoms with Gasteiger partial charge in [0, 0.05) is 55.5 Å². The van der Waals surface area contributed by atoms with E-state index in [2.05, 4.69) is 36.0 Å². The Kier molecular flexibility index (Phi) is 7.15. The van der Waals surface area contributed by atoms with Crippen molar-refractivity contribution in [1.82, 2.24) is 19.4 Å². The lowest BCUT2D eigenvalue weighted by Crippen LogP contribution is -2.47. The highest BCUT2D eigenvalue weighted by atomic mass is 16.5. The number of rotatable bonds is 8. The zero-order valence-electron chi connectivity index (χ0n) is 21.7. The second kappa shape index (κ2) is 10.6. The molecule has 1 N–H and O–H groups in total. The van der Waals surface area contributed by atoms with Crippen LogP contribution in [0.15, 0.2) is 71.7 Å². The summed E-state index contributed by atoms with van der Waals surface area (Å²) in [5, 5.41) is 4.31. The standard InChI is InChI=1S/C30H34N4O3/c1-4-8-26(31-2)30(36)33-15-14-27-25(19-33)24-12-11-22(17-28(24)32(27)3)34-16-13-23(18-29(34)35)37-20-21-9-6-5-7-10-21/h5-7,9-13,16-18,26,31H,4,8,14-15,19-20H2,1-3H3/t26-/m0/s1. The molecule has 0 bridgehead atoms. The topological polar surface area (TPSA) is 68.5 Å². The Morgan fingerprint density at radius 3 is 2.65 bits per heavy atom. The van der Waals surface area contributed by atoms with Crippen molar-refractivity contribution < 1.29 is 9.53 Å². The molecule has 37 heavy (non-hydrogen) atoms. The van der Waals surface area contributed by atoms with Gasteiger partial charge < -0.3 is 19.5 Å². The van der Waals surface area contributed by atoms with Gasteiger partial charge in [0.15, 0.2) is 0 Å². The minimum absolute atomic E-state index is 0.139. The van der Waals surface area contributed by atoms with E-state index in [1.807, 2.05) is 54.4 Å². The van der Waals surface area contributed by atoms with Crippen LogP contribution in [0.25, 0.3) is 16.6 Å². The maximum atomic E-state index is 13.1. The number of carbonyl (C=O) groups is 1. The molecule has 0 unspecified atom stereocenters. The quantitative estimate of drug-likeness (QED) is 0.396. The number of benzene rings is 2. The van der Waals surface area contributed by atoms with E-state index in [-0.39, 0.29) is 17.5 Å². The highest BCUT2D eigenvalue weighted by Gasteiger charge is 2.29. The molecule has 0 aliphatic carbocycles. The first-order chi connectivity index (χ1) is 18.0. The Labute approximate surface area is 217 Å². The number of likely N-dealkylation sites (N-methyl/N-ethyl adjacent to an activating group) is 1. The van der Waals surface area contributed by atoms with Crippen molar-refractivity contribution in [3.8, 4) is 11.4 Å². The number of nitrogens with one attached hydrogen (secondary N) is 1. The number of amides is 1. The molecule has 1 aliphatic heterocycles. The minimum Gasteiger partial charge on any atom is -0.489 e. The molecule has 2 aromatic heterocycles. The van der Waals surface area contributed by atoms with Crippen LogP contribution in [0, 0.1) is 0 Å². The van der Waals surface area contributed by atoms with Gasteiger partial charge in [-0.25, -0.2) is 0 Å². The first-order valence-electron chi connectivity index (χ1n) is 13.0. The molecule has 0 spiro atoms. The summed E-state index contributed by atoms with van der Waals surface area (Å²) in [5.41, 5.74) is 5.23. The summed E-state index contributed by atoms with van der Waals surface area (Å²) in [7, 11) is 3.93. The van der Waals surface area contributed by atoms with Gasteiger partial charge in [-0.15, -0.1) is 0 Å². The summed E-state index contributed by atoms with van der Waals surface area (Å²) in [4.78, 5) is 28.0. The predicted molar refractivity (Wildman–Crippen MR) is 146 cm³/mol. The Hall–Kier alpha value is -3.84. The van der Waals surface area contributed by atoms with Crippen LogP contribution in [0.5, 0.6) is 5.75 Å². The van der Waals surface area contributed by atoms with Crippen LogP contribution in [0.4, 0.5) is 0 Å². The van der Waals surface area contributed by atoms with Crippen molar-refractivity contribution in [3.63, 3.8) is 0 Å². The molecule has 4 aromatic rings. The molecule has 2 aromatic carbocycles. The molecule has 192 valence electrons. The molecule has 7 heteroatoms. The second-order valence-electron chi connectivity index (χ2n) is 9.67. The summed E-state index contributed by atoms with van der Waals surface area (Å²) >= 11 is 0. The van der Waals surface area contributed by atoms with E-state index < -0.39 is 0 Å². The second-order valence-corrected chi connectivity index (χ2v) is 9.67. The number of pyridine rings is 1. The third-order valence-electron chi connectivity index (χ3n) is 7.34. The lowest BCUT2D eigenvalue weighted by molar-refractivity contribution is -0.134. The zero-order valence-corrected chi connectivity index (χ0v) is 21.7. The van der Waals surface area contributed by atoms with Crippen LogP contribution in [-0.4, -0.2) is 39.6 Å². The molecule has 0 radical (unpaired) electrons. The number of nitrogens with zero attached hydrogens (tertiary/aromatic N) is 3. The molecule has 0 saturated carbocycles. The molecular formula is C30H34N4O3. The van der Waals surface area contributed by atoms with Crippen LogP contribution >= 0.6 is 0 Å². The van der Waals surface area contributed by atoms with Crippen LogP contribution in [-0.2, 0) is 31.4 Å². The monoisotopic (exact) mass is 498 g/mol. The Morgan fingerprint density at radius 1 is 1.11 bits per heavy atom. The van der Waals surface area contributed by atoms with Crippen molar-refractivity contribution in [2.75, 3.05) is 13.6 Å². The van der Waals surface area contributed by atoms with Gasteiger partial charge in [-0.2, -0.15) is 0 Å². The van der Waals surface area contributed by atoms with Gasteiger partial charge in [0.2, 0.25) is 5.91 Å². The Balaban J connectivity index is 1.39. The van der Waals surface area contributed by atoms with Gasteiger partial charge in [-0.05, 0) is 37.2 Å². The lowest BCUT2D eigenvalue weighted by atomic mass is 10.0. The normalized spacial score (nSPS) is 14.0. The lowest BCUT2D eigenvalue weighted by Gasteiger charge is -2.31. The van der Waals surface area contributed by atoms with E-state index in [0.717, 1.165) is 41.4 Å². The summed E-state index contributed by atoms with van der Waals surface area (Å²) in [6, 6.07) is 19.2. The largest absolute Gasteiger partial charge is 0.489 e. The van der Waals surface area contributed by atoms with Gasteiger partial charge in [-0.3, -0.25) is 14.2 Å². The van der Waals surface area contributed by atoms with E-state index in [0.29, 0.717) is 25.4 Å². The molecule has 1 atom stereocenters. The smallest absolute Gasteiger partial charge is 0.258 e. The van der Waals surface area contributed by atoms with Crippen LogP contribution in [0.2, 0.25) is 0 Å². The fourth-order valence-corrected chi connectivity index (χ4v) is 5.30. The van der Waals surface area contributed by atoms with Crippen LogP contribution < -0.4 is 15.6 Å². The fourth-order valence-electron chi connectivity index (χ4n) is 5.30. The number of fused-ring (bicyclic) bond motifs is 3. The van der Waals surface area contributed by atoms with Gasteiger partial charge in [0.1, 0.15) is 12.4 Å². The maximum Gasteiger partial charge on any atom is 0.258 e. The zero-order chi connectivity index (χ0) is 25.9. The molecule has 1 amide bonds. The molecular weight excluding hydrogens is 464 g/mol. The van der Waals surface area contributed by atoms with Gasteiger partial charge in [0.25, 0.3) is 5.56 Å². The van der Waals surface area contributed by atoms with Crippen molar-refractivity contribution in [2.24, 2.45) is 7.05 Å². The first-order valence-corrected chi connectivity index (χ1v) is 13.0. The Bertz CT molecular complexity index is 1470. The van der Waals surface area contributed by atoms with Crippen molar-refractivity contribution in [1.29, 1.82) is 0 Å². The summed E-state index contributed by atoms with van der Waals surface area (Å²) < 4.78 is 9.67. The van der Waals surface area contributed by atoms with Crippen molar-refractivity contribution in [3.05, 3.63) is 94.0 Å². The number of carbonyl (C=O) groups excluding carboxylic acids is 1. The predicted octanol–water partition coefficient (Wildman–Crippen LogP) is 4.18. The number of aryl methyl sites for hydroxylation is 1. The van der Waals surface area contributed by atoms with E-state index in [1.54, 1.807) is 10.8 Å². The highest BCUT2D eigenvalue weighted by molar-refractivity contribution is 5.89. The summed E-state index contributed by atoms with van der Waals surface area (Å²) in [5.74, 6) is 0.720. The van der Waals surface area contributed by atoms with E-state index in [9.17, 15) is 9.59 Å². The SMILES string of the molecule is CCC[C@H](NC)C(=O)N1CCc2c(c3ccc(-n4ccc(OCc5ccccc5)cc4=O)cc3n2C)C1. The number of hydrogen-bond donors (Lipinski definition) is 1. The summed E-state index contributed by atoms with van der Waals surface area (Å²) in [6.45, 7) is 3.85. The molecule has 1 aliphatic rings. The average molecular weight is 499 g/mol. The number of aromatic nitrogens is 2. The van der Waals surface area contributed by atoms with Crippen LogP contribution in [0.1, 0.15) is 36.6 Å². The molecule has 3 heterocycles. The van der Waals surface area contributed by atoms with Crippen molar-refractivity contribution in [2.45, 2.75) is 45.4 Å². The van der Waals surface area contributed by atoms with E-state index in [4.69, 9.17) is 4.74 Å². The van der Waals surface area contributed by atoms with Gasteiger partial charge in [0.05, 0.1) is 17.2 Å². The average Bonchev–Trinajstić information content (AvgIpc) is 3.21. The third kappa shape index (κ3) is 4.91. The number of hydrogen-bond acceptors (Lipinski definition) is 4. The number of ether oxygens (including phenoxy) is 1. The fraction of sp³-hybridized carbons (Fsp3) is 0.333. The molecule has 0 saturated heterocycles. The molecule has 7 nitrogen and oxygen atoms in total. The third-order valence-corrected chi connectivity index (χ3v) is 7.34. The van der Waals surface area contributed by atoms with Gasteiger partial charge in [-0.1, -0.05) is 49.7 Å². The first kappa shape index (κ1) is 24.8. The van der Waals surface area contributed by atoms with Crippen LogP contribution in [0.3, 0.4) is 0 Å². The van der Waals surface area contributed by atoms with E-state index >= 15 is 0 Å². The van der Waals surface area contributed by atoms with Gasteiger partial charge >= 0.3 is 0 Å². The molecule has 5 rings (SSSR count). The highest BCUT2D eigenvalue weighted by Crippen LogP contribution is 2.32. The maximum absolute atomic E-state index is 13.1. The summed E-state index contributed by atoms with van der Waals surface area (Å²) in [6.07, 6.45) is 4.38. The Morgan fingerprint density at radius 2 is 1.92 bits per heavy atom. The molecule has 0 fully saturated rings. The van der Waals surface area contributed by atoms with Crippen molar-refractivity contribution >= 4 is 16.8 Å².